The van der Waals surface area contributed by atoms with Gasteiger partial charge in [0.15, 0.2) is 0 Å². The molecule has 0 saturated carbocycles. The third-order valence-electron chi connectivity index (χ3n) is 7.97. The van der Waals surface area contributed by atoms with Crippen molar-refractivity contribution in [2.45, 2.75) is 35.8 Å². The van der Waals surface area contributed by atoms with Crippen LogP contribution >= 0.6 is 23.1 Å². The molecule has 2 aliphatic heterocycles. The largest absolute Gasteiger partial charge is 0.496 e. The molecule has 0 bridgehead atoms. The summed E-state index contributed by atoms with van der Waals surface area (Å²) in [6, 6.07) is 17.2. The number of carbonyl (C=O) groups is 4. The van der Waals surface area contributed by atoms with Crippen molar-refractivity contribution in [3.63, 3.8) is 0 Å². The summed E-state index contributed by atoms with van der Waals surface area (Å²) < 4.78 is 52.4. The second-order valence-corrected chi connectivity index (χ2v) is 12.9. The zero-order valence-corrected chi connectivity index (χ0v) is 26.9. The highest BCUT2D eigenvalue weighted by Gasteiger charge is 2.57. The number of hydrogen-bond donors (Lipinski definition) is 1. The fourth-order valence-corrected chi connectivity index (χ4v) is 8.67. The molecule has 3 amide bonds. The molecule has 1 aromatic heterocycles. The Morgan fingerprint density at radius 1 is 0.938 bits per heavy atom. The predicted molar refractivity (Wildman–Crippen MR) is 172 cm³/mol. The average molecular weight is 698 g/mol. The van der Waals surface area contributed by atoms with E-state index in [2.05, 4.69) is 5.32 Å². The second kappa shape index (κ2) is 13.0. The van der Waals surface area contributed by atoms with Crippen LogP contribution in [0.15, 0.2) is 82.6 Å². The molecule has 48 heavy (non-hydrogen) atoms. The van der Waals surface area contributed by atoms with Gasteiger partial charge in [-0.15, -0.1) is 0 Å². The molecule has 4 aromatic rings. The Balaban J connectivity index is 1.39. The standard InChI is InChI=1S/C33H26F3N3O7S2/c1-3-46-31(43)17-12-14-18(15-13-17)39-28(41)25-24(19-8-4-7-11-22(19)45-2)27-30(47-26(25)29(39)42)38(32(44)48-27)16-23(40)37-21-10-6-5-9-20(21)33(34,35)36/h4-15,24-26H,3,16H2,1-2H3,(H,37,40)/t24-,25?,26?/m1/s1. The summed E-state index contributed by atoms with van der Waals surface area (Å²) in [5.41, 5.74) is -0.505. The molecule has 3 atom stereocenters. The number of halogens is 3. The summed E-state index contributed by atoms with van der Waals surface area (Å²) in [6.07, 6.45) is -4.73. The smallest absolute Gasteiger partial charge is 0.418 e. The van der Waals surface area contributed by atoms with E-state index in [9.17, 15) is 37.1 Å². The number of hydrogen-bond acceptors (Lipinski definition) is 9. The molecular formula is C33H26F3N3O7S2. The molecule has 1 fully saturated rings. The van der Waals surface area contributed by atoms with Gasteiger partial charge in [-0.3, -0.25) is 23.7 Å². The topological polar surface area (TPSA) is 124 Å². The summed E-state index contributed by atoms with van der Waals surface area (Å²) in [4.78, 5) is 67.8. The van der Waals surface area contributed by atoms with Crippen LogP contribution in [-0.4, -0.2) is 47.2 Å². The summed E-state index contributed by atoms with van der Waals surface area (Å²) >= 11 is 1.75. The molecule has 0 spiro atoms. The molecule has 1 saturated heterocycles. The zero-order chi connectivity index (χ0) is 34.3. The summed E-state index contributed by atoms with van der Waals surface area (Å²) in [6.45, 7) is 1.20. The van der Waals surface area contributed by atoms with Gasteiger partial charge < -0.3 is 14.8 Å². The monoisotopic (exact) mass is 697 g/mol. The van der Waals surface area contributed by atoms with E-state index in [1.165, 1.54) is 43.5 Å². The average Bonchev–Trinajstić information content (AvgIpc) is 3.50. The van der Waals surface area contributed by atoms with Crippen LogP contribution in [0, 0.1) is 5.92 Å². The van der Waals surface area contributed by atoms with E-state index in [0.29, 0.717) is 16.2 Å². The molecule has 6 rings (SSSR count). The van der Waals surface area contributed by atoms with Gasteiger partial charge in [0.2, 0.25) is 17.7 Å². The number of aromatic nitrogens is 1. The van der Waals surface area contributed by atoms with E-state index in [4.69, 9.17) is 9.47 Å². The summed E-state index contributed by atoms with van der Waals surface area (Å²) in [5, 5.41) is 1.48. The highest BCUT2D eigenvalue weighted by Crippen LogP contribution is 2.55. The number of imide groups is 1. The maximum atomic E-state index is 14.2. The first-order chi connectivity index (χ1) is 22.9. The van der Waals surface area contributed by atoms with Gasteiger partial charge in [0.25, 0.3) is 0 Å². The third kappa shape index (κ3) is 5.87. The Kier molecular flexibility index (Phi) is 8.92. The minimum atomic E-state index is -4.73. The molecule has 3 aromatic carbocycles. The summed E-state index contributed by atoms with van der Waals surface area (Å²) in [5.74, 6) is -3.95. The molecule has 2 unspecified atom stereocenters. The minimum absolute atomic E-state index is 0.173. The van der Waals surface area contributed by atoms with Crippen LogP contribution in [-0.2, 0) is 31.8 Å². The van der Waals surface area contributed by atoms with Crippen molar-refractivity contribution in [2.75, 3.05) is 23.9 Å². The Morgan fingerprint density at radius 2 is 1.62 bits per heavy atom. The van der Waals surface area contributed by atoms with Gasteiger partial charge in [0.05, 0.1) is 47.2 Å². The van der Waals surface area contributed by atoms with Crippen molar-refractivity contribution in [1.82, 2.24) is 4.57 Å². The number of carbonyl (C=O) groups excluding carboxylic acids is 4. The lowest BCUT2D eigenvalue weighted by molar-refractivity contribution is -0.137. The van der Waals surface area contributed by atoms with Gasteiger partial charge in [0.1, 0.15) is 17.5 Å². The minimum Gasteiger partial charge on any atom is -0.496 e. The van der Waals surface area contributed by atoms with Crippen molar-refractivity contribution in [1.29, 1.82) is 0 Å². The number of esters is 1. The number of ether oxygens (including phenoxy) is 2. The van der Waals surface area contributed by atoms with Gasteiger partial charge in [-0.2, -0.15) is 13.2 Å². The maximum absolute atomic E-state index is 14.2. The number of benzene rings is 3. The van der Waals surface area contributed by atoms with E-state index in [0.717, 1.165) is 44.7 Å². The van der Waals surface area contributed by atoms with Crippen LogP contribution in [0.25, 0.3) is 0 Å². The molecule has 0 aliphatic carbocycles. The van der Waals surface area contributed by atoms with Crippen molar-refractivity contribution in [2.24, 2.45) is 5.92 Å². The number of anilines is 2. The number of alkyl halides is 3. The molecule has 15 heteroatoms. The lowest BCUT2D eigenvalue weighted by atomic mass is 9.82. The normalized spacial score (nSPS) is 18.7. The number of fused-ring (bicyclic) bond motifs is 2. The molecular weight excluding hydrogens is 672 g/mol. The predicted octanol–water partition coefficient (Wildman–Crippen LogP) is 5.55. The van der Waals surface area contributed by atoms with Crippen LogP contribution in [0.1, 0.15) is 39.2 Å². The summed E-state index contributed by atoms with van der Waals surface area (Å²) in [7, 11) is 1.45. The highest BCUT2D eigenvalue weighted by molar-refractivity contribution is 8.00. The quantitative estimate of drug-likeness (QED) is 0.188. The molecule has 0 radical (unpaired) electrons. The molecule has 3 heterocycles. The number of methoxy groups -OCH3 is 1. The third-order valence-corrected chi connectivity index (χ3v) is 10.6. The second-order valence-electron chi connectivity index (χ2n) is 10.8. The van der Waals surface area contributed by atoms with Crippen LogP contribution in [0.2, 0.25) is 0 Å². The number of nitrogens with zero attached hydrogens (tertiary/aromatic N) is 2. The zero-order valence-electron chi connectivity index (χ0n) is 25.3. The first kappa shape index (κ1) is 33.0. The Morgan fingerprint density at radius 3 is 2.31 bits per heavy atom. The maximum Gasteiger partial charge on any atom is 0.418 e. The first-order valence-electron chi connectivity index (χ1n) is 14.6. The molecule has 2 aliphatic rings. The number of thioether (sulfide) groups is 1. The van der Waals surface area contributed by atoms with Crippen LogP contribution in [0.5, 0.6) is 5.75 Å². The van der Waals surface area contributed by atoms with Gasteiger partial charge >= 0.3 is 17.0 Å². The van der Waals surface area contributed by atoms with E-state index in [1.54, 1.807) is 31.2 Å². The Hall–Kier alpha value is -4.89. The van der Waals surface area contributed by atoms with E-state index in [-0.39, 0.29) is 22.9 Å². The van der Waals surface area contributed by atoms with Gasteiger partial charge in [-0.25, -0.2) is 9.69 Å². The van der Waals surface area contributed by atoms with Gasteiger partial charge in [0, 0.05) is 16.4 Å². The lowest BCUT2D eigenvalue weighted by Gasteiger charge is -2.31. The van der Waals surface area contributed by atoms with Crippen molar-refractivity contribution < 1.29 is 41.8 Å². The van der Waals surface area contributed by atoms with E-state index < -0.39 is 69.6 Å². The number of thiazole rings is 1. The number of para-hydroxylation sites is 2. The van der Waals surface area contributed by atoms with Crippen molar-refractivity contribution in [3.05, 3.63) is 104 Å². The van der Waals surface area contributed by atoms with E-state index in [1.807, 2.05) is 0 Å². The Labute approximate surface area is 279 Å². The van der Waals surface area contributed by atoms with Crippen molar-refractivity contribution in [3.8, 4) is 5.75 Å². The van der Waals surface area contributed by atoms with Crippen LogP contribution < -0.4 is 19.8 Å². The van der Waals surface area contributed by atoms with Crippen LogP contribution in [0.3, 0.4) is 0 Å². The number of amides is 3. The SMILES string of the molecule is CCOC(=O)c1ccc(N2C(=O)C3Sc4c(sc(=O)n4CC(=O)Nc4ccccc4C(F)(F)F)[C@H](c4ccccc4OC)C3C2=O)cc1. The number of rotatable bonds is 8. The Bertz CT molecular complexity index is 1990. The first-order valence-corrected chi connectivity index (χ1v) is 16.3. The van der Waals surface area contributed by atoms with E-state index >= 15 is 0 Å². The lowest BCUT2D eigenvalue weighted by Crippen LogP contribution is -2.33. The van der Waals surface area contributed by atoms with Crippen molar-refractivity contribution >= 4 is 58.2 Å². The van der Waals surface area contributed by atoms with Crippen LogP contribution in [0.4, 0.5) is 24.5 Å². The fourth-order valence-electron chi connectivity index (χ4n) is 5.90. The van der Waals surface area contributed by atoms with Gasteiger partial charge in [-0.05, 0) is 49.4 Å². The molecule has 10 nitrogen and oxygen atoms in total. The molecule has 1 N–H and O–H groups in total. The highest BCUT2D eigenvalue weighted by atomic mass is 32.2. The fraction of sp³-hybridized carbons (Fsp3) is 0.242. The molecule has 248 valence electrons. The number of nitrogens with one attached hydrogen (secondary N) is 1. The van der Waals surface area contributed by atoms with Gasteiger partial charge in [-0.1, -0.05) is 53.4 Å².